The SMILES string of the molecule is CN1CCC[C@@H]1c1cc2cnc(NC(=O)c3cccc(CCCNc4cccc5c4C(=O)N(C4CCC(=O)NC4=O)C5=O)c3)cc2[nH]1. The number of imide groups is 2. The van der Waals surface area contributed by atoms with Gasteiger partial charge in [0.25, 0.3) is 17.7 Å². The van der Waals surface area contributed by atoms with Gasteiger partial charge in [0.2, 0.25) is 11.8 Å². The number of likely N-dealkylation sites (tertiary alicyclic amines) is 1. The highest BCUT2D eigenvalue weighted by atomic mass is 16.2. The molecule has 1 unspecified atom stereocenters. The zero-order valence-electron chi connectivity index (χ0n) is 26.0. The minimum absolute atomic E-state index is 0.0666. The molecule has 12 nitrogen and oxygen atoms in total. The van der Waals surface area contributed by atoms with E-state index in [4.69, 9.17) is 0 Å². The molecular formula is C35H35N7O5. The molecule has 2 saturated heterocycles. The maximum atomic E-state index is 13.3. The van der Waals surface area contributed by atoms with Gasteiger partial charge in [-0.25, -0.2) is 4.98 Å². The Morgan fingerprint density at radius 3 is 2.66 bits per heavy atom. The quantitative estimate of drug-likeness (QED) is 0.159. The van der Waals surface area contributed by atoms with Crippen molar-refractivity contribution in [1.82, 2.24) is 25.1 Å². The third-order valence-corrected chi connectivity index (χ3v) is 9.26. The van der Waals surface area contributed by atoms with Crippen molar-refractivity contribution in [3.8, 4) is 0 Å². The molecule has 4 aromatic rings. The topological polar surface area (TPSA) is 157 Å². The number of benzene rings is 2. The maximum Gasteiger partial charge on any atom is 0.264 e. The second-order valence-electron chi connectivity index (χ2n) is 12.4. The van der Waals surface area contributed by atoms with Crippen molar-refractivity contribution >= 4 is 51.9 Å². The molecule has 2 aromatic carbocycles. The van der Waals surface area contributed by atoms with Gasteiger partial charge in [0.15, 0.2) is 0 Å². The molecule has 4 N–H and O–H groups in total. The Morgan fingerprint density at radius 1 is 1.00 bits per heavy atom. The van der Waals surface area contributed by atoms with E-state index in [0.29, 0.717) is 42.5 Å². The van der Waals surface area contributed by atoms with E-state index in [0.717, 1.165) is 34.3 Å². The first kappa shape index (κ1) is 30.3. The van der Waals surface area contributed by atoms with Crippen LogP contribution < -0.4 is 16.0 Å². The number of aromatic amines is 1. The summed E-state index contributed by atoms with van der Waals surface area (Å²) in [6.07, 6.45) is 5.61. The molecule has 2 atom stereocenters. The van der Waals surface area contributed by atoms with Crippen LogP contribution in [0.3, 0.4) is 0 Å². The molecule has 0 bridgehead atoms. The Hall–Kier alpha value is -5.36. The van der Waals surface area contributed by atoms with Crippen LogP contribution in [-0.4, -0.2) is 75.5 Å². The van der Waals surface area contributed by atoms with Gasteiger partial charge in [0.1, 0.15) is 11.9 Å². The molecule has 12 heteroatoms. The summed E-state index contributed by atoms with van der Waals surface area (Å²) in [4.78, 5) is 74.8. The normalized spacial score (nSPS) is 19.7. The molecular weight excluding hydrogens is 598 g/mol. The summed E-state index contributed by atoms with van der Waals surface area (Å²) < 4.78 is 0. The molecule has 0 aliphatic carbocycles. The molecule has 7 rings (SSSR count). The highest BCUT2D eigenvalue weighted by molar-refractivity contribution is 6.25. The number of pyridine rings is 1. The lowest BCUT2D eigenvalue weighted by molar-refractivity contribution is -0.136. The van der Waals surface area contributed by atoms with Crippen LogP contribution >= 0.6 is 0 Å². The first-order chi connectivity index (χ1) is 22.8. The molecule has 0 spiro atoms. The minimum Gasteiger partial charge on any atom is -0.384 e. The smallest absolute Gasteiger partial charge is 0.264 e. The number of piperidine rings is 1. The van der Waals surface area contributed by atoms with Crippen LogP contribution in [0, 0.1) is 0 Å². The number of anilines is 2. The van der Waals surface area contributed by atoms with Gasteiger partial charge in [0.05, 0.1) is 16.6 Å². The number of nitrogens with one attached hydrogen (secondary N) is 4. The number of aryl methyl sites for hydroxylation is 1. The Labute approximate surface area is 270 Å². The Balaban J connectivity index is 0.957. The molecule has 5 amide bonds. The number of nitrogens with zero attached hydrogens (tertiary/aromatic N) is 3. The standard InChI is InChI=1S/C35H35N7O5/c1-41-15-5-11-27(41)26-17-22-19-37-29(18-25(22)38-26)39-32(44)21-8-2-6-20(16-21)7-4-14-36-24-10-3-9-23-31(24)35(47)42(34(23)46)28-12-13-30(43)40-33(28)45/h2-3,6,8-10,16-19,27-28,36,38H,4-5,7,11-15H2,1H3,(H,37,39,44)(H,40,43,45)/t27-,28?/m1/s1. The van der Waals surface area contributed by atoms with Crippen LogP contribution in [0.2, 0.25) is 0 Å². The lowest BCUT2D eigenvalue weighted by atomic mass is 10.0. The van der Waals surface area contributed by atoms with E-state index >= 15 is 0 Å². The number of hydrogen-bond acceptors (Lipinski definition) is 8. The number of carbonyl (C=O) groups excluding carboxylic acids is 5. The van der Waals surface area contributed by atoms with Crippen LogP contribution in [0.25, 0.3) is 10.9 Å². The van der Waals surface area contributed by atoms with Crippen molar-refractivity contribution in [2.45, 2.75) is 50.6 Å². The highest BCUT2D eigenvalue weighted by Gasteiger charge is 2.45. The van der Waals surface area contributed by atoms with E-state index in [1.807, 2.05) is 24.3 Å². The predicted octanol–water partition coefficient (Wildman–Crippen LogP) is 4.03. The summed E-state index contributed by atoms with van der Waals surface area (Å²) in [6.45, 7) is 1.59. The molecule has 240 valence electrons. The zero-order valence-corrected chi connectivity index (χ0v) is 26.0. The fourth-order valence-electron chi connectivity index (χ4n) is 6.83. The lowest BCUT2D eigenvalue weighted by Gasteiger charge is -2.27. The Kier molecular flexibility index (Phi) is 8.02. The van der Waals surface area contributed by atoms with E-state index in [1.54, 1.807) is 30.5 Å². The average Bonchev–Trinajstić information content (AvgIpc) is 3.75. The predicted molar refractivity (Wildman–Crippen MR) is 175 cm³/mol. The van der Waals surface area contributed by atoms with E-state index < -0.39 is 29.7 Å². The van der Waals surface area contributed by atoms with Gasteiger partial charge in [-0.3, -0.25) is 39.1 Å². The molecule has 2 fully saturated rings. The van der Waals surface area contributed by atoms with Crippen LogP contribution in [0.4, 0.5) is 11.5 Å². The number of fused-ring (bicyclic) bond motifs is 2. The maximum absolute atomic E-state index is 13.3. The van der Waals surface area contributed by atoms with Crippen LogP contribution in [0.1, 0.15) is 80.5 Å². The average molecular weight is 634 g/mol. The number of carbonyl (C=O) groups is 5. The van der Waals surface area contributed by atoms with Gasteiger partial charge in [-0.2, -0.15) is 0 Å². The third-order valence-electron chi connectivity index (χ3n) is 9.26. The number of H-pyrrole nitrogens is 1. The van der Waals surface area contributed by atoms with Gasteiger partial charge in [-0.15, -0.1) is 0 Å². The molecule has 2 aromatic heterocycles. The minimum atomic E-state index is -1.01. The van der Waals surface area contributed by atoms with Gasteiger partial charge < -0.3 is 15.6 Å². The van der Waals surface area contributed by atoms with Crippen molar-refractivity contribution in [3.05, 3.63) is 88.7 Å². The Bertz CT molecular complexity index is 1930. The molecule has 0 radical (unpaired) electrons. The summed E-state index contributed by atoms with van der Waals surface area (Å²) in [5, 5.41) is 9.41. The fraction of sp³-hybridized carbons (Fsp3) is 0.314. The van der Waals surface area contributed by atoms with Crippen molar-refractivity contribution in [3.63, 3.8) is 0 Å². The van der Waals surface area contributed by atoms with Gasteiger partial charge in [-0.05, 0) is 81.6 Å². The molecule has 3 aliphatic rings. The van der Waals surface area contributed by atoms with Crippen LogP contribution in [0.15, 0.2) is 60.8 Å². The van der Waals surface area contributed by atoms with E-state index in [-0.39, 0.29) is 29.9 Å². The van der Waals surface area contributed by atoms with Crippen molar-refractivity contribution < 1.29 is 24.0 Å². The van der Waals surface area contributed by atoms with Gasteiger partial charge in [0, 0.05) is 53.6 Å². The second kappa shape index (κ2) is 12.4. The molecule has 5 heterocycles. The largest absolute Gasteiger partial charge is 0.384 e. The zero-order chi connectivity index (χ0) is 32.7. The Morgan fingerprint density at radius 2 is 1.85 bits per heavy atom. The number of amides is 5. The van der Waals surface area contributed by atoms with Crippen LogP contribution in [0.5, 0.6) is 0 Å². The van der Waals surface area contributed by atoms with Gasteiger partial charge in [-0.1, -0.05) is 18.2 Å². The third kappa shape index (κ3) is 5.87. The highest BCUT2D eigenvalue weighted by Crippen LogP contribution is 2.33. The number of rotatable bonds is 9. The summed E-state index contributed by atoms with van der Waals surface area (Å²) >= 11 is 0. The van der Waals surface area contributed by atoms with Crippen molar-refractivity contribution in [1.29, 1.82) is 0 Å². The number of hydrogen-bond donors (Lipinski definition) is 4. The summed E-state index contributed by atoms with van der Waals surface area (Å²) in [5.41, 5.74) is 4.58. The summed E-state index contributed by atoms with van der Waals surface area (Å²) in [6, 6.07) is 15.8. The first-order valence-electron chi connectivity index (χ1n) is 15.9. The second-order valence-corrected chi connectivity index (χ2v) is 12.4. The van der Waals surface area contributed by atoms with E-state index in [1.165, 1.54) is 12.1 Å². The number of aromatic nitrogens is 2. The monoisotopic (exact) mass is 633 g/mol. The molecule has 3 aliphatic heterocycles. The van der Waals surface area contributed by atoms with Crippen molar-refractivity contribution in [2.24, 2.45) is 0 Å². The van der Waals surface area contributed by atoms with Crippen molar-refractivity contribution in [2.75, 3.05) is 30.8 Å². The summed E-state index contributed by atoms with van der Waals surface area (Å²) in [5.74, 6) is -1.91. The van der Waals surface area contributed by atoms with E-state index in [9.17, 15) is 24.0 Å². The fourth-order valence-corrected chi connectivity index (χ4v) is 6.83. The summed E-state index contributed by atoms with van der Waals surface area (Å²) in [7, 11) is 2.14. The lowest BCUT2D eigenvalue weighted by Crippen LogP contribution is -2.54. The van der Waals surface area contributed by atoms with Crippen LogP contribution in [-0.2, 0) is 16.0 Å². The van der Waals surface area contributed by atoms with E-state index in [2.05, 4.69) is 43.9 Å². The molecule has 0 saturated carbocycles. The first-order valence-corrected chi connectivity index (χ1v) is 15.9. The molecule has 47 heavy (non-hydrogen) atoms. The van der Waals surface area contributed by atoms with Gasteiger partial charge >= 0.3 is 0 Å².